The van der Waals surface area contributed by atoms with Gasteiger partial charge in [0.25, 0.3) is 0 Å². The highest BCUT2D eigenvalue weighted by Gasteiger charge is 2.21. The minimum Gasteiger partial charge on any atom is -0.346 e. The number of carbonyl (C=O) groups is 2. The zero-order valence-electron chi connectivity index (χ0n) is 19.1. The number of aryl methyl sites for hydroxylation is 3. The van der Waals surface area contributed by atoms with E-state index < -0.39 is 6.04 Å². The number of anilines is 1. The Morgan fingerprint density at radius 1 is 0.781 bits per heavy atom. The molecule has 0 spiro atoms. The van der Waals surface area contributed by atoms with E-state index in [0.29, 0.717) is 0 Å². The summed E-state index contributed by atoms with van der Waals surface area (Å²) in [6, 6.07) is 23.5. The monoisotopic (exact) mass is 429 g/mol. The van der Waals surface area contributed by atoms with Gasteiger partial charge in [0.15, 0.2) is 0 Å². The molecule has 0 heterocycles. The average molecular weight is 430 g/mol. The first-order valence-corrected chi connectivity index (χ1v) is 10.9. The highest BCUT2D eigenvalue weighted by atomic mass is 16.2. The summed E-state index contributed by atoms with van der Waals surface area (Å²) >= 11 is 0. The van der Waals surface area contributed by atoms with E-state index in [1.165, 1.54) is 5.56 Å². The first kappa shape index (κ1) is 23.2. The van der Waals surface area contributed by atoms with Crippen LogP contribution in [0.1, 0.15) is 40.8 Å². The summed E-state index contributed by atoms with van der Waals surface area (Å²) in [5, 5.41) is 9.06. The summed E-state index contributed by atoms with van der Waals surface area (Å²) in [6.45, 7) is 7.67. The molecule has 5 heteroatoms. The molecule has 0 aromatic heterocycles. The second-order valence-electron chi connectivity index (χ2n) is 8.18. The van der Waals surface area contributed by atoms with Crippen LogP contribution in [-0.2, 0) is 9.59 Å². The molecule has 3 N–H and O–H groups in total. The maximum Gasteiger partial charge on any atom is 0.243 e. The lowest BCUT2D eigenvalue weighted by Crippen LogP contribution is -2.46. The summed E-state index contributed by atoms with van der Waals surface area (Å²) in [5.74, 6) is -0.476. The lowest BCUT2D eigenvalue weighted by molar-refractivity contribution is -0.125. The zero-order valence-corrected chi connectivity index (χ0v) is 19.1. The van der Waals surface area contributed by atoms with E-state index in [1.54, 1.807) is 0 Å². The maximum atomic E-state index is 12.7. The Labute approximate surface area is 190 Å². The van der Waals surface area contributed by atoms with Crippen LogP contribution in [0.15, 0.2) is 72.8 Å². The molecule has 0 saturated carbocycles. The smallest absolute Gasteiger partial charge is 0.243 e. The van der Waals surface area contributed by atoms with Crippen LogP contribution in [0.5, 0.6) is 0 Å². The van der Waals surface area contributed by atoms with Crippen LogP contribution < -0.4 is 16.0 Å². The Morgan fingerprint density at radius 2 is 1.38 bits per heavy atom. The van der Waals surface area contributed by atoms with Crippen molar-refractivity contribution in [3.8, 4) is 0 Å². The molecule has 2 amide bonds. The van der Waals surface area contributed by atoms with Crippen LogP contribution in [0.25, 0.3) is 0 Å². The third-order valence-electron chi connectivity index (χ3n) is 5.52. The molecular formula is C27H31N3O2. The van der Waals surface area contributed by atoms with Crippen molar-refractivity contribution in [1.82, 2.24) is 10.6 Å². The zero-order chi connectivity index (χ0) is 23.1. The number of amides is 2. The standard InChI is InChI=1S/C27H31N3O2/c1-18-13-15-23(16-14-18)26(22-11-6-5-7-12-22)29-21(4)27(32)28-17-24(31)30-25-19(2)9-8-10-20(25)3/h5-16,21,26,29H,17H2,1-4H3,(H,28,32)(H,30,31)/t21-,26-/m1/s1. The summed E-state index contributed by atoms with van der Waals surface area (Å²) < 4.78 is 0. The molecule has 0 unspecified atom stereocenters. The summed E-state index contributed by atoms with van der Waals surface area (Å²) in [4.78, 5) is 25.1. The predicted molar refractivity (Wildman–Crippen MR) is 130 cm³/mol. The molecule has 5 nitrogen and oxygen atoms in total. The Morgan fingerprint density at radius 3 is 2.00 bits per heavy atom. The molecule has 0 aliphatic carbocycles. The Hall–Kier alpha value is -3.44. The Kier molecular flexibility index (Phi) is 7.79. The van der Waals surface area contributed by atoms with E-state index >= 15 is 0 Å². The second kappa shape index (κ2) is 10.7. The average Bonchev–Trinajstić information content (AvgIpc) is 2.79. The second-order valence-corrected chi connectivity index (χ2v) is 8.18. The van der Waals surface area contributed by atoms with Crippen molar-refractivity contribution >= 4 is 17.5 Å². The Balaban J connectivity index is 1.63. The van der Waals surface area contributed by atoms with Gasteiger partial charge in [0, 0.05) is 5.69 Å². The molecule has 0 aliphatic heterocycles. The molecule has 3 aromatic rings. The van der Waals surface area contributed by atoms with E-state index in [0.717, 1.165) is 27.9 Å². The largest absolute Gasteiger partial charge is 0.346 e. The van der Waals surface area contributed by atoms with Crippen molar-refractivity contribution < 1.29 is 9.59 Å². The van der Waals surface area contributed by atoms with E-state index in [-0.39, 0.29) is 24.4 Å². The Bertz CT molecular complexity index is 1040. The third-order valence-corrected chi connectivity index (χ3v) is 5.52. The molecular weight excluding hydrogens is 398 g/mol. The van der Waals surface area contributed by atoms with E-state index in [2.05, 4.69) is 40.2 Å². The van der Waals surface area contributed by atoms with Gasteiger partial charge in [-0.3, -0.25) is 14.9 Å². The number of nitrogens with one attached hydrogen (secondary N) is 3. The topological polar surface area (TPSA) is 70.2 Å². The van der Waals surface area contributed by atoms with Gasteiger partial charge in [-0.2, -0.15) is 0 Å². The first-order chi connectivity index (χ1) is 15.3. The highest BCUT2D eigenvalue weighted by molar-refractivity contribution is 5.96. The molecule has 2 atom stereocenters. The van der Waals surface area contributed by atoms with Gasteiger partial charge in [0.05, 0.1) is 18.6 Å². The van der Waals surface area contributed by atoms with Crippen molar-refractivity contribution in [2.75, 3.05) is 11.9 Å². The number of benzene rings is 3. The number of hydrogen-bond acceptors (Lipinski definition) is 3. The van der Waals surface area contributed by atoms with E-state index in [1.807, 2.05) is 76.2 Å². The van der Waals surface area contributed by atoms with Crippen molar-refractivity contribution in [2.45, 2.75) is 39.8 Å². The molecule has 0 saturated heterocycles. The molecule has 0 bridgehead atoms. The number of para-hydroxylation sites is 1. The molecule has 0 radical (unpaired) electrons. The summed E-state index contributed by atoms with van der Waals surface area (Å²) in [5.41, 5.74) is 6.10. The first-order valence-electron chi connectivity index (χ1n) is 10.9. The van der Waals surface area contributed by atoms with E-state index in [4.69, 9.17) is 0 Å². The van der Waals surface area contributed by atoms with Gasteiger partial charge in [-0.25, -0.2) is 0 Å². The normalized spacial score (nSPS) is 12.6. The van der Waals surface area contributed by atoms with Gasteiger partial charge in [0.1, 0.15) is 0 Å². The molecule has 3 aromatic carbocycles. The quantitative estimate of drug-likeness (QED) is 0.496. The number of hydrogen-bond donors (Lipinski definition) is 3. The van der Waals surface area contributed by atoms with Crippen molar-refractivity contribution in [2.24, 2.45) is 0 Å². The SMILES string of the molecule is Cc1ccc([C@H](N[C@H](C)C(=O)NCC(=O)Nc2c(C)cccc2C)c2ccccc2)cc1. The van der Waals surface area contributed by atoms with Gasteiger partial charge in [-0.15, -0.1) is 0 Å². The highest BCUT2D eigenvalue weighted by Crippen LogP contribution is 2.23. The lowest BCUT2D eigenvalue weighted by Gasteiger charge is -2.24. The number of carbonyl (C=O) groups excluding carboxylic acids is 2. The van der Waals surface area contributed by atoms with Crippen molar-refractivity contribution in [3.63, 3.8) is 0 Å². The fourth-order valence-corrected chi connectivity index (χ4v) is 3.63. The molecule has 0 aliphatic rings. The van der Waals surface area contributed by atoms with Crippen LogP contribution in [-0.4, -0.2) is 24.4 Å². The lowest BCUT2D eigenvalue weighted by atomic mass is 9.97. The van der Waals surface area contributed by atoms with Gasteiger partial charge in [-0.1, -0.05) is 78.4 Å². The molecule has 3 rings (SSSR count). The fraction of sp³-hybridized carbons (Fsp3) is 0.259. The van der Waals surface area contributed by atoms with Crippen molar-refractivity contribution in [1.29, 1.82) is 0 Å². The summed E-state index contributed by atoms with van der Waals surface area (Å²) in [7, 11) is 0. The number of rotatable bonds is 8. The van der Waals surface area contributed by atoms with Crippen LogP contribution >= 0.6 is 0 Å². The van der Waals surface area contributed by atoms with Gasteiger partial charge >= 0.3 is 0 Å². The molecule has 32 heavy (non-hydrogen) atoms. The third kappa shape index (κ3) is 6.05. The minimum atomic E-state index is -0.491. The minimum absolute atomic E-state index is 0.0842. The maximum absolute atomic E-state index is 12.7. The van der Waals surface area contributed by atoms with Crippen LogP contribution in [0.2, 0.25) is 0 Å². The van der Waals surface area contributed by atoms with Crippen LogP contribution in [0.3, 0.4) is 0 Å². The van der Waals surface area contributed by atoms with Gasteiger partial charge in [0.2, 0.25) is 11.8 Å². The summed E-state index contributed by atoms with van der Waals surface area (Å²) in [6.07, 6.45) is 0. The van der Waals surface area contributed by atoms with Crippen LogP contribution in [0.4, 0.5) is 5.69 Å². The molecule has 166 valence electrons. The van der Waals surface area contributed by atoms with Crippen molar-refractivity contribution in [3.05, 3.63) is 101 Å². The van der Waals surface area contributed by atoms with Crippen LogP contribution in [0, 0.1) is 20.8 Å². The van der Waals surface area contributed by atoms with Gasteiger partial charge < -0.3 is 10.6 Å². The van der Waals surface area contributed by atoms with Gasteiger partial charge in [-0.05, 0) is 49.9 Å². The fourth-order valence-electron chi connectivity index (χ4n) is 3.63. The molecule has 0 fully saturated rings. The van der Waals surface area contributed by atoms with E-state index in [9.17, 15) is 9.59 Å². The predicted octanol–water partition coefficient (Wildman–Crippen LogP) is 4.43.